The Bertz CT molecular complexity index is 1600. The molecule has 1 aliphatic carbocycles. The van der Waals surface area contributed by atoms with E-state index in [-0.39, 0.29) is 16.9 Å². The highest BCUT2D eigenvalue weighted by Crippen LogP contribution is 2.44. The van der Waals surface area contributed by atoms with Crippen LogP contribution < -0.4 is 14.8 Å². The molecule has 0 aromatic heterocycles. The van der Waals surface area contributed by atoms with Gasteiger partial charge in [-0.25, -0.2) is 0 Å². The largest absolute Gasteiger partial charge is 0.497 e. The van der Waals surface area contributed by atoms with Crippen LogP contribution in [0.5, 0.6) is 11.5 Å². The van der Waals surface area contributed by atoms with E-state index in [9.17, 15) is 4.79 Å². The fraction of sp³-hybridized carbons (Fsp3) is 0.444. The molecule has 1 aliphatic heterocycles. The molecular formula is C45H56N2O3. The van der Waals surface area contributed by atoms with Crippen molar-refractivity contribution in [3.63, 3.8) is 0 Å². The van der Waals surface area contributed by atoms with Crippen LogP contribution >= 0.6 is 0 Å². The van der Waals surface area contributed by atoms with Gasteiger partial charge in [0.05, 0.1) is 13.7 Å². The van der Waals surface area contributed by atoms with Gasteiger partial charge in [-0.15, -0.1) is 0 Å². The van der Waals surface area contributed by atoms with Crippen molar-refractivity contribution >= 4 is 5.91 Å². The average Bonchev–Trinajstić information content (AvgIpc) is 3.17. The van der Waals surface area contributed by atoms with Gasteiger partial charge < -0.3 is 14.8 Å². The zero-order valence-electron chi connectivity index (χ0n) is 30.3. The normalized spacial score (nSPS) is 17.6. The summed E-state index contributed by atoms with van der Waals surface area (Å²) in [7, 11) is 1.67. The molecular weight excluding hydrogens is 617 g/mol. The highest BCUT2D eigenvalue weighted by atomic mass is 16.5. The summed E-state index contributed by atoms with van der Waals surface area (Å²) in [6.07, 6.45) is 12.8. The maximum Gasteiger partial charge on any atom is 0.220 e. The Hall–Kier alpha value is -4.09. The second-order valence-corrected chi connectivity index (χ2v) is 14.4. The van der Waals surface area contributed by atoms with Gasteiger partial charge in [0, 0.05) is 23.9 Å². The summed E-state index contributed by atoms with van der Waals surface area (Å²) in [6, 6.07) is 37.0. The molecule has 5 heteroatoms. The Morgan fingerprint density at radius 2 is 1.52 bits per heavy atom. The summed E-state index contributed by atoms with van der Waals surface area (Å²) < 4.78 is 11.1. The first kappa shape index (κ1) is 35.7. The van der Waals surface area contributed by atoms with Gasteiger partial charge in [-0.3, -0.25) is 9.69 Å². The number of likely N-dealkylation sites (tertiary alicyclic amines) is 1. The van der Waals surface area contributed by atoms with E-state index in [2.05, 4.69) is 96.0 Å². The molecule has 0 saturated carbocycles. The second-order valence-electron chi connectivity index (χ2n) is 14.4. The first-order chi connectivity index (χ1) is 24.5. The standard InChI is InChI=1S/C45H56N2O3/c1-3-50-42-24-21-38-35-44(30-26-37(38)34-42)27-10-11-32-47(44)33-13-29-45(39-14-6-4-7-15-39,40-16-8-5-9-17-40)28-12-31-46-43(48)25-20-36-18-22-41(49-2)23-19-36/h4-9,14-19,21-24,34H,3,10-13,20,25-33,35H2,1-2H3,(H,46,48). The topological polar surface area (TPSA) is 50.8 Å². The Morgan fingerprint density at radius 3 is 2.22 bits per heavy atom. The molecule has 1 fully saturated rings. The van der Waals surface area contributed by atoms with E-state index in [1.165, 1.54) is 54.5 Å². The van der Waals surface area contributed by atoms with Crippen LogP contribution in [-0.2, 0) is 29.5 Å². The third-order valence-corrected chi connectivity index (χ3v) is 11.4. The third kappa shape index (κ3) is 8.61. The number of aryl methyl sites for hydroxylation is 2. The molecule has 5 nitrogen and oxygen atoms in total. The number of amides is 1. The van der Waals surface area contributed by atoms with Gasteiger partial charge >= 0.3 is 0 Å². The SMILES string of the molecule is CCOc1ccc2c(c1)CCC1(CCCCN1CCCC(CCCNC(=O)CCc1ccc(OC)cc1)(c1ccccc1)c1ccccc1)C2. The van der Waals surface area contributed by atoms with E-state index in [1.807, 2.05) is 24.3 Å². The predicted molar refractivity (Wildman–Crippen MR) is 204 cm³/mol. The Balaban J connectivity index is 1.13. The fourth-order valence-corrected chi connectivity index (χ4v) is 8.77. The van der Waals surface area contributed by atoms with Crippen LogP contribution in [0, 0.1) is 0 Å². The maximum atomic E-state index is 12.9. The maximum absolute atomic E-state index is 12.9. The van der Waals surface area contributed by atoms with Crippen LogP contribution in [0.15, 0.2) is 103 Å². The lowest BCUT2D eigenvalue weighted by atomic mass is 9.68. The number of nitrogens with zero attached hydrogens (tertiary/aromatic N) is 1. The molecule has 1 heterocycles. The molecule has 1 spiro atoms. The minimum absolute atomic E-state index is 0.115. The average molecular weight is 673 g/mol. The number of hydrogen-bond acceptors (Lipinski definition) is 4. The van der Waals surface area contributed by atoms with E-state index in [0.29, 0.717) is 19.6 Å². The number of nitrogens with one attached hydrogen (secondary N) is 1. The van der Waals surface area contributed by atoms with E-state index < -0.39 is 0 Å². The summed E-state index contributed by atoms with van der Waals surface area (Å²) in [4.78, 5) is 15.7. The highest BCUT2D eigenvalue weighted by molar-refractivity contribution is 5.76. The number of carbonyl (C=O) groups is 1. The van der Waals surface area contributed by atoms with Crippen LogP contribution in [0.3, 0.4) is 0 Å². The van der Waals surface area contributed by atoms with Crippen molar-refractivity contribution in [2.24, 2.45) is 0 Å². The van der Waals surface area contributed by atoms with E-state index in [1.54, 1.807) is 7.11 Å². The van der Waals surface area contributed by atoms with Crippen molar-refractivity contribution in [1.29, 1.82) is 0 Å². The minimum atomic E-state index is -0.117. The first-order valence-corrected chi connectivity index (χ1v) is 19.0. The van der Waals surface area contributed by atoms with Gasteiger partial charge in [0.15, 0.2) is 0 Å². The van der Waals surface area contributed by atoms with Gasteiger partial charge in [0.2, 0.25) is 5.91 Å². The van der Waals surface area contributed by atoms with E-state index >= 15 is 0 Å². The molecule has 1 saturated heterocycles. The molecule has 0 radical (unpaired) electrons. The van der Waals surface area contributed by atoms with Crippen molar-refractivity contribution in [1.82, 2.24) is 10.2 Å². The van der Waals surface area contributed by atoms with Crippen LogP contribution in [0.4, 0.5) is 0 Å². The van der Waals surface area contributed by atoms with Crippen molar-refractivity contribution in [2.75, 3.05) is 33.4 Å². The third-order valence-electron chi connectivity index (χ3n) is 11.4. The van der Waals surface area contributed by atoms with Gasteiger partial charge in [-0.2, -0.15) is 0 Å². The molecule has 1 atom stereocenters. The number of ether oxygens (including phenoxy) is 2. The summed E-state index contributed by atoms with van der Waals surface area (Å²) in [5.74, 6) is 1.96. The number of carbonyl (C=O) groups excluding carboxylic acids is 1. The van der Waals surface area contributed by atoms with E-state index in [4.69, 9.17) is 9.47 Å². The summed E-state index contributed by atoms with van der Waals surface area (Å²) in [6.45, 7) is 5.77. The number of methoxy groups -OCH3 is 1. The molecule has 1 amide bonds. The van der Waals surface area contributed by atoms with Crippen molar-refractivity contribution in [2.45, 2.75) is 94.9 Å². The molecule has 2 aliphatic rings. The van der Waals surface area contributed by atoms with Gasteiger partial charge in [-0.05, 0) is 136 Å². The summed E-state index contributed by atoms with van der Waals surface area (Å²) >= 11 is 0. The Morgan fingerprint density at radius 1 is 0.820 bits per heavy atom. The molecule has 1 unspecified atom stereocenters. The second kappa shape index (κ2) is 17.2. The van der Waals surface area contributed by atoms with Crippen molar-refractivity contribution in [3.8, 4) is 11.5 Å². The highest BCUT2D eigenvalue weighted by Gasteiger charge is 2.42. The summed E-state index contributed by atoms with van der Waals surface area (Å²) in [5, 5.41) is 3.24. The molecule has 264 valence electrons. The van der Waals surface area contributed by atoms with Gasteiger partial charge in [-0.1, -0.05) is 85.3 Å². The zero-order valence-corrected chi connectivity index (χ0v) is 30.3. The molecule has 6 rings (SSSR count). The van der Waals surface area contributed by atoms with Crippen LogP contribution in [-0.4, -0.2) is 49.7 Å². The number of fused-ring (bicyclic) bond motifs is 1. The van der Waals surface area contributed by atoms with Gasteiger partial charge in [0.25, 0.3) is 0 Å². The number of benzene rings is 4. The number of hydrogen-bond donors (Lipinski definition) is 1. The van der Waals surface area contributed by atoms with Crippen molar-refractivity contribution in [3.05, 3.63) is 131 Å². The summed E-state index contributed by atoms with van der Waals surface area (Å²) in [5.41, 5.74) is 7.04. The van der Waals surface area contributed by atoms with Gasteiger partial charge in [0.1, 0.15) is 11.5 Å². The molecule has 50 heavy (non-hydrogen) atoms. The monoisotopic (exact) mass is 672 g/mol. The lowest BCUT2D eigenvalue weighted by Crippen LogP contribution is -2.55. The molecule has 4 aromatic rings. The molecule has 1 N–H and O–H groups in total. The Kier molecular flexibility index (Phi) is 12.3. The number of piperidine rings is 1. The van der Waals surface area contributed by atoms with Crippen LogP contribution in [0.2, 0.25) is 0 Å². The predicted octanol–water partition coefficient (Wildman–Crippen LogP) is 9.10. The lowest BCUT2D eigenvalue weighted by Gasteiger charge is -2.50. The minimum Gasteiger partial charge on any atom is -0.497 e. The molecule has 0 bridgehead atoms. The zero-order chi connectivity index (χ0) is 34.7. The van der Waals surface area contributed by atoms with Crippen LogP contribution in [0.1, 0.15) is 92.5 Å². The Labute approximate surface area is 300 Å². The van der Waals surface area contributed by atoms with Crippen molar-refractivity contribution < 1.29 is 14.3 Å². The number of rotatable bonds is 16. The fourth-order valence-electron chi connectivity index (χ4n) is 8.77. The van der Waals surface area contributed by atoms with E-state index in [0.717, 1.165) is 68.6 Å². The lowest BCUT2D eigenvalue weighted by molar-refractivity contribution is -0.121. The van der Waals surface area contributed by atoms with Crippen LogP contribution in [0.25, 0.3) is 0 Å². The first-order valence-electron chi connectivity index (χ1n) is 19.0. The quantitative estimate of drug-likeness (QED) is 0.121. The molecule has 4 aromatic carbocycles. The smallest absolute Gasteiger partial charge is 0.220 e.